The van der Waals surface area contributed by atoms with Crippen LogP contribution in [0.1, 0.15) is 22.0 Å². The van der Waals surface area contributed by atoms with Crippen LogP contribution in [0.4, 0.5) is 4.39 Å². The molecule has 0 aliphatic carbocycles. The molecule has 8 heteroatoms. The van der Waals surface area contributed by atoms with E-state index in [0.29, 0.717) is 6.54 Å². The fourth-order valence-corrected chi connectivity index (χ4v) is 4.79. The molecule has 0 radical (unpaired) electrons. The number of piperazine rings is 1. The third-order valence-electron chi connectivity index (χ3n) is 6.28. The van der Waals surface area contributed by atoms with E-state index in [1.54, 1.807) is 11.0 Å². The molecule has 7 nitrogen and oxygen atoms in total. The van der Waals surface area contributed by atoms with Crippen LogP contribution in [0.5, 0.6) is 0 Å². The Bertz CT molecular complexity index is 1160. The second-order valence-corrected chi connectivity index (χ2v) is 8.05. The van der Waals surface area contributed by atoms with Gasteiger partial charge in [-0.05, 0) is 28.8 Å². The highest BCUT2D eigenvalue weighted by Crippen LogP contribution is 2.43. The van der Waals surface area contributed by atoms with Gasteiger partial charge in [-0.3, -0.25) is 14.6 Å². The van der Waals surface area contributed by atoms with Crippen molar-refractivity contribution >= 4 is 11.8 Å². The zero-order valence-corrected chi connectivity index (χ0v) is 17.1. The fourth-order valence-electron chi connectivity index (χ4n) is 4.79. The maximum atomic E-state index is 13.6. The quantitative estimate of drug-likeness (QED) is 0.682. The monoisotopic (exact) mass is 432 g/mol. The minimum Gasteiger partial charge on any atom is -0.394 e. The number of rotatable bonds is 4. The average molecular weight is 432 g/mol. The van der Waals surface area contributed by atoms with E-state index in [1.807, 2.05) is 30.3 Å². The van der Waals surface area contributed by atoms with Gasteiger partial charge in [-0.15, -0.1) is 0 Å². The molecule has 3 atom stereocenters. The molecule has 2 aliphatic rings. The standard InChI is InChI=1S/C24H21FN4O3/c25-18-3-1-2-17(10-18)15-4-6-16(7-5-15)23-20-12-28(13-22(31)29(20)21(23)14-30)24(32)19-11-26-8-9-27-19/h1-11,20-21,23,30H,12-14H2/t20-,21-,23+/m1/s1. The molecule has 2 amide bonds. The van der Waals surface area contributed by atoms with Crippen LogP contribution in [0, 0.1) is 5.82 Å². The highest BCUT2D eigenvalue weighted by molar-refractivity contribution is 5.96. The smallest absolute Gasteiger partial charge is 0.274 e. The summed E-state index contributed by atoms with van der Waals surface area (Å²) in [5.41, 5.74) is 2.82. The number of hydrogen-bond acceptors (Lipinski definition) is 5. The highest BCUT2D eigenvalue weighted by atomic mass is 19.1. The normalized spacial score (nSPS) is 22.3. The van der Waals surface area contributed by atoms with Gasteiger partial charge in [-0.2, -0.15) is 0 Å². The highest BCUT2D eigenvalue weighted by Gasteiger charge is 2.54. The lowest BCUT2D eigenvalue weighted by Crippen LogP contribution is -2.73. The van der Waals surface area contributed by atoms with Crippen molar-refractivity contribution in [1.82, 2.24) is 19.8 Å². The van der Waals surface area contributed by atoms with Crippen LogP contribution in [-0.4, -0.2) is 68.5 Å². The third kappa shape index (κ3) is 3.42. The number of aliphatic hydroxyl groups excluding tert-OH is 1. The number of carbonyl (C=O) groups excluding carboxylic acids is 2. The maximum absolute atomic E-state index is 13.6. The van der Waals surface area contributed by atoms with Crippen LogP contribution in [0.3, 0.4) is 0 Å². The molecular formula is C24H21FN4O3. The zero-order chi connectivity index (χ0) is 22.2. The fraction of sp³-hybridized carbons (Fsp3) is 0.250. The number of carbonyl (C=O) groups is 2. The Morgan fingerprint density at radius 1 is 1.12 bits per heavy atom. The van der Waals surface area contributed by atoms with Crippen LogP contribution < -0.4 is 0 Å². The van der Waals surface area contributed by atoms with Gasteiger partial charge in [0.15, 0.2) is 0 Å². The van der Waals surface area contributed by atoms with Gasteiger partial charge >= 0.3 is 0 Å². The number of halogens is 1. The Kier molecular flexibility index (Phi) is 5.14. The molecule has 0 bridgehead atoms. The number of aliphatic hydroxyl groups is 1. The molecule has 3 aromatic rings. The predicted octanol–water partition coefficient (Wildman–Crippen LogP) is 2.09. The number of aromatic nitrogens is 2. The molecule has 2 saturated heterocycles. The minimum atomic E-state index is -0.334. The van der Waals surface area contributed by atoms with E-state index in [-0.39, 0.29) is 54.5 Å². The third-order valence-corrected chi connectivity index (χ3v) is 6.28. The predicted molar refractivity (Wildman–Crippen MR) is 114 cm³/mol. The van der Waals surface area contributed by atoms with Crippen LogP contribution in [-0.2, 0) is 4.79 Å². The van der Waals surface area contributed by atoms with Crippen molar-refractivity contribution in [2.24, 2.45) is 0 Å². The van der Waals surface area contributed by atoms with Gasteiger partial charge in [-0.25, -0.2) is 9.37 Å². The molecule has 2 aromatic carbocycles. The van der Waals surface area contributed by atoms with E-state index in [4.69, 9.17) is 0 Å². The molecule has 0 unspecified atom stereocenters. The summed E-state index contributed by atoms with van der Waals surface area (Å²) in [6.07, 6.45) is 4.32. The lowest BCUT2D eigenvalue weighted by molar-refractivity contribution is -0.159. The van der Waals surface area contributed by atoms with Crippen molar-refractivity contribution < 1.29 is 19.1 Å². The summed E-state index contributed by atoms with van der Waals surface area (Å²) in [6.45, 7) is 0.151. The van der Waals surface area contributed by atoms with Gasteiger partial charge < -0.3 is 14.9 Å². The largest absolute Gasteiger partial charge is 0.394 e. The molecule has 2 fully saturated rings. The summed E-state index contributed by atoms with van der Waals surface area (Å²) in [6, 6.07) is 13.5. The number of benzene rings is 2. The number of amides is 2. The van der Waals surface area contributed by atoms with Crippen molar-refractivity contribution in [3.8, 4) is 11.1 Å². The molecule has 2 aliphatic heterocycles. The van der Waals surface area contributed by atoms with Gasteiger partial charge in [-0.1, -0.05) is 36.4 Å². The van der Waals surface area contributed by atoms with E-state index in [0.717, 1.165) is 16.7 Å². The maximum Gasteiger partial charge on any atom is 0.274 e. The Labute approximate surface area is 184 Å². The lowest BCUT2D eigenvalue weighted by atomic mass is 9.73. The summed E-state index contributed by atoms with van der Waals surface area (Å²) < 4.78 is 13.6. The van der Waals surface area contributed by atoms with Gasteiger partial charge in [0, 0.05) is 24.9 Å². The van der Waals surface area contributed by atoms with Gasteiger partial charge in [0.05, 0.1) is 24.9 Å². The first kappa shape index (κ1) is 20.3. The Balaban J connectivity index is 1.39. The second-order valence-electron chi connectivity index (χ2n) is 8.05. The minimum absolute atomic E-state index is 0.0480. The molecular weight excluding hydrogens is 411 g/mol. The van der Waals surface area contributed by atoms with E-state index >= 15 is 0 Å². The summed E-state index contributed by atoms with van der Waals surface area (Å²) in [4.78, 5) is 36.7. The summed E-state index contributed by atoms with van der Waals surface area (Å²) >= 11 is 0. The molecule has 1 aromatic heterocycles. The van der Waals surface area contributed by atoms with Crippen LogP contribution >= 0.6 is 0 Å². The molecule has 5 rings (SSSR count). The molecule has 32 heavy (non-hydrogen) atoms. The van der Waals surface area contributed by atoms with E-state index in [1.165, 1.54) is 35.6 Å². The van der Waals surface area contributed by atoms with Crippen LogP contribution in [0.2, 0.25) is 0 Å². The molecule has 0 spiro atoms. The van der Waals surface area contributed by atoms with Crippen molar-refractivity contribution in [3.63, 3.8) is 0 Å². The Hall–Kier alpha value is -3.65. The van der Waals surface area contributed by atoms with Gasteiger partial charge in [0.2, 0.25) is 5.91 Å². The molecule has 162 valence electrons. The second kappa shape index (κ2) is 8.12. The summed E-state index contributed by atoms with van der Waals surface area (Å²) in [5.74, 6) is -0.929. The van der Waals surface area contributed by atoms with E-state index in [9.17, 15) is 19.1 Å². The van der Waals surface area contributed by atoms with Crippen molar-refractivity contribution in [3.05, 3.63) is 84.2 Å². The van der Waals surface area contributed by atoms with E-state index in [2.05, 4.69) is 9.97 Å². The van der Waals surface area contributed by atoms with Crippen molar-refractivity contribution in [2.75, 3.05) is 19.7 Å². The number of fused-ring (bicyclic) bond motifs is 1. The van der Waals surface area contributed by atoms with Crippen LogP contribution in [0.15, 0.2) is 67.1 Å². The van der Waals surface area contributed by atoms with Gasteiger partial charge in [0.1, 0.15) is 18.1 Å². The zero-order valence-electron chi connectivity index (χ0n) is 17.1. The Morgan fingerprint density at radius 3 is 2.62 bits per heavy atom. The van der Waals surface area contributed by atoms with Crippen molar-refractivity contribution in [2.45, 2.75) is 18.0 Å². The van der Waals surface area contributed by atoms with Gasteiger partial charge in [0.25, 0.3) is 5.91 Å². The average Bonchev–Trinajstić information content (AvgIpc) is 2.81. The van der Waals surface area contributed by atoms with E-state index < -0.39 is 0 Å². The number of nitrogens with zero attached hydrogens (tertiary/aromatic N) is 4. The topological polar surface area (TPSA) is 86.6 Å². The first-order valence-electron chi connectivity index (χ1n) is 10.4. The first-order valence-corrected chi connectivity index (χ1v) is 10.4. The van der Waals surface area contributed by atoms with Crippen LogP contribution in [0.25, 0.3) is 11.1 Å². The molecule has 0 saturated carbocycles. The lowest BCUT2D eigenvalue weighted by Gasteiger charge is -2.58. The molecule has 1 N–H and O–H groups in total. The summed E-state index contributed by atoms with van der Waals surface area (Å²) in [7, 11) is 0. The number of hydrogen-bond donors (Lipinski definition) is 1. The first-order chi connectivity index (χ1) is 15.6. The molecule has 3 heterocycles. The summed E-state index contributed by atoms with van der Waals surface area (Å²) in [5, 5.41) is 9.96. The van der Waals surface area contributed by atoms with Crippen molar-refractivity contribution in [1.29, 1.82) is 0 Å². The Morgan fingerprint density at radius 2 is 1.94 bits per heavy atom. The SMILES string of the molecule is O=C(c1cnccn1)N1CC(=O)N2[C@H](CO)[C@@H](c3ccc(-c4cccc(F)c4)cc3)[C@H]2C1.